The van der Waals surface area contributed by atoms with E-state index >= 15 is 0 Å². The van der Waals surface area contributed by atoms with E-state index in [-0.39, 0.29) is 6.09 Å². The molecule has 0 radical (unpaired) electrons. The Bertz CT molecular complexity index is 724. The molecule has 10 heteroatoms. The van der Waals surface area contributed by atoms with E-state index in [2.05, 4.69) is 10.3 Å². The largest absolute Gasteiger partial charge is 0.468 e. The molecule has 1 fully saturated rings. The van der Waals surface area contributed by atoms with E-state index in [1.54, 1.807) is 24.0 Å². The van der Waals surface area contributed by atoms with Crippen LogP contribution in [-0.4, -0.2) is 73.6 Å². The first-order chi connectivity index (χ1) is 13.0. The smallest absolute Gasteiger partial charge is 0.409 e. The third-order valence-corrected chi connectivity index (χ3v) is 4.49. The van der Waals surface area contributed by atoms with Crippen LogP contribution in [0.2, 0.25) is 0 Å². The quantitative estimate of drug-likeness (QED) is 0.597. The van der Waals surface area contributed by atoms with Gasteiger partial charge in [-0.3, -0.25) is 14.9 Å². The molecule has 0 saturated carbocycles. The van der Waals surface area contributed by atoms with Crippen LogP contribution in [0.5, 0.6) is 0 Å². The summed E-state index contributed by atoms with van der Waals surface area (Å²) in [6.45, 7) is 3.92. The maximum Gasteiger partial charge on any atom is 0.409 e. The summed E-state index contributed by atoms with van der Waals surface area (Å²) in [5.41, 5.74) is 0. The van der Waals surface area contributed by atoms with Crippen LogP contribution in [0, 0.1) is 5.92 Å². The van der Waals surface area contributed by atoms with E-state index in [0.717, 1.165) is 0 Å². The Hall–Kier alpha value is -3.04. The minimum absolute atomic E-state index is 0.321. The Morgan fingerprint density at radius 1 is 1.33 bits per heavy atom. The number of hydrogen-bond acceptors (Lipinski definition) is 8. The molecule has 0 aliphatic carbocycles. The molecule has 1 saturated heterocycles. The summed E-state index contributed by atoms with van der Waals surface area (Å²) in [7, 11) is 1.22. The highest BCUT2D eigenvalue weighted by Crippen LogP contribution is 2.31. The molecule has 2 aliphatic heterocycles. The molecule has 0 spiro atoms. The molecule has 0 aromatic carbocycles. The van der Waals surface area contributed by atoms with Gasteiger partial charge in [-0.15, -0.1) is 0 Å². The molecule has 27 heavy (non-hydrogen) atoms. The van der Waals surface area contributed by atoms with Crippen molar-refractivity contribution < 1.29 is 28.3 Å². The van der Waals surface area contributed by atoms with Crippen molar-refractivity contribution in [1.82, 2.24) is 15.1 Å². The fourth-order valence-electron chi connectivity index (χ4n) is 3.10. The van der Waals surface area contributed by atoms with Gasteiger partial charge in [0, 0.05) is 26.2 Å². The van der Waals surface area contributed by atoms with E-state index in [9.17, 15) is 14.4 Å². The summed E-state index contributed by atoms with van der Waals surface area (Å²) in [5.74, 6) is -1.54. The number of hydrogen-bond donors (Lipinski definition) is 1. The number of carbonyl (C=O) groups excluding carboxylic acids is 3. The lowest BCUT2D eigenvalue weighted by molar-refractivity contribution is -0.151. The minimum Gasteiger partial charge on any atom is -0.468 e. The highest BCUT2D eigenvalue weighted by molar-refractivity contribution is 6.08. The van der Waals surface area contributed by atoms with Gasteiger partial charge in [0.2, 0.25) is 11.9 Å². The lowest BCUT2D eigenvalue weighted by Crippen LogP contribution is -2.58. The summed E-state index contributed by atoms with van der Waals surface area (Å²) in [5, 5.41) is 2.67. The molecule has 3 rings (SSSR count). The molecule has 2 amide bonds. The molecule has 0 bridgehead atoms. The van der Waals surface area contributed by atoms with Crippen LogP contribution in [-0.2, 0) is 19.1 Å². The number of rotatable bonds is 3. The second kappa shape index (κ2) is 8.11. The Labute approximate surface area is 156 Å². The average molecular weight is 378 g/mol. The van der Waals surface area contributed by atoms with Crippen LogP contribution >= 0.6 is 0 Å². The van der Waals surface area contributed by atoms with Crippen molar-refractivity contribution in [2.45, 2.75) is 13.0 Å². The zero-order valence-corrected chi connectivity index (χ0v) is 15.2. The number of aliphatic imine (C=N–C) groups is 1. The number of nitrogens with one attached hydrogen (secondary N) is 1. The Morgan fingerprint density at radius 2 is 2.07 bits per heavy atom. The lowest BCUT2D eigenvalue weighted by Gasteiger charge is -2.38. The van der Waals surface area contributed by atoms with Gasteiger partial charge < -0.3 is 23.7 Å². The molecular formula is C17H22N4O6. The minimum atomic E-state index is -1.12. The summed E-state index contributed by atoms with van der Waals surface area (Å²) in [6, 6.07) is 2.53. The predicted octanol–water partition coefficient (Wildman–Crippen LogP) is 0.370. The summed E-state index contributed by atoms with van der Waals surface area (Å²) in [6.07, 6.45) is 1.11. The lowest BCUT2D eigenvalue weighted by atomic mass is 9.95. The maximum atomic E-state index is 12.6. The zero-order valence-electron chi connectivity index (χ0n) is 15.2. The van der Waals surface area contributed by atoms with Gasteiger partial charge in [-0.2, -0.15) is 0 Å². The van der Waals surface area contributed by atoms with E-state index in [4.69, 9.17) is 13.9 Å². The Balaban J connectivity index is 1.77. The van der Waals surface area contributed by atoms with Gasteiger partial charge >= 0.3 is 12.1 Å². The molecule has 1 N–H and O–H groups in total. The van der Waals surface area contributed by atoms with E-state index in [0.29, 0.717) is 44.5 Å². The Kier molecular flexibility index (Phi) is 5.63. The first-order valence-corrected chi connectivity index (χ1v) is 8.71. The average Bonchev–Trinajstić information content (AvgIpc) is 3.22. The standard InChI is InChI=1S/C17H22N4O6/c1-3-26-17(24)21-8-6-20(7-9-21)16-18-13(11-5-4-10-27-11)12(14(22)19-16)15(23)25-2/h4-5,10,12-13H,3,6-9H2,1-2H3,(H,18,19,22)/t12-,13+/m0/s1. The number of ether oxygens (including phenoxy) is 2. The second-order valence-electron chi connectivity index (χ2n) is 6.08. The second-order valence-corrected chi connectivity index (χ2v) is 6.08. The third-order valence-electron chi connectivity index (χ3n) is 4.49. The van der Waals surface area contributed by atoms with Crippen molar-refractivity contribution in [3.05, 3.63) is 24.2 Å². The van der Waals surface area contributed by atoms with Crippen LogP contribution < -0.4 is 5.32 Å². The molecule has 3 heterocycles. The van der Waals surface area contributed by atoms with Crippen LogP contribution in [0.1, 0.15) is 18.7 Å². The topological polar surface area (TPSA) is 114 Å². The Morgan fingerprint density at radius 3 is 2.67 bits per heavy atom. The molecule has 1 aromatic rings. The molecular weight excluding hydrogens is 356 g/mol. The number of furan rings is 1. The number of nitrogens with zero attached hydrogens (tertiary/aromatic N) is 3. The van der Waals surface area contributed by atoms with Crippen molar-refractivity contribution in [2.24, 2.45) is 10.9 Å². The molecule has 1 aromatic heterocycles. The molecule has 2 atom stereocenters. The first-order valence-electron chi connectivity index (χ1n) is 8.71. The number of piperazine rings is 1. The summed E-state index contributed by atoms with van der Waals surface area (Å²) >= 11 is 0. The van der Waals surface area contributed by atoms with Crippen molar-refractivity contribution in [2.75, 3.05) is 39.9 Å². The van der Waals surface area contributed by atoms with Crippen molar-refractivity contribution in [1.29, 1.82) is 0 Å². The van der Waals surface area contributed by atoms with Crippen molar-refractivity contribution in [3.8, 4) is 0 Å². The fraction of sp³-hybridized carbons (Fsp3) is 0.529. The van der Waals surface area contributed by atoms with Crippen LogP contribution in [0.3, 0.4) is 0 Å². The van der Waals surface area contributed by atoms with Crippen LogP contribution in [0.4, 0.5) is 4.79 Å². The highest BCUT2D eigenvalue weighted by Gasteiger charge is 2.43. The first kappa shape index (κ1) is 18.7. The van der Waals surface area contributed by atoms with E-state index in [1.807, 2.05) is 4.90 Å². The van der Waals surface area contributed by atoms with Gasteiger partial charge in [0.05, 0.1) is 20.0 Å². The van der Waals surface area contributed by atoms with Crippen molar-refractivity contribution >= 4 is 23.9 Å². The molecule has 10 nitrogen and oxygen atoms in total. The predicted molar refractivity (Wildman–Crippen MR) is 92.7 cm³/mol. The van der Waals surface area contributed by atoms with E-state index in [1.165, 1.54) is 13.4 Å². The number of amides is 2. The maximum absolute atomic E-state index is 12.6. The SMILES string of the molecule is CCOC(=O)N1CCN(C2=N[C@H](c3ccco3)[C@H](C(=O)OC)C(=O)N2)CC1. The van der Waals surface area contributed by atoms with Gasteiger partial charge in [0.15, 0.2) is 5.92 Å². The van der Waals surface area contributed by atoms with Gasteiger partial charge in [-0.1, -0.05) is 0 Å². The molecule has 0 unspecified atom stereocenters. The highest BCUT2D eigenvalue weighted by atomic mass is 16.6. The van der Waals surface area contributed by atoms with Gasteiger partial charge in [0.1, 0.15) is 11.8 Å². The summed E-state index contributed by atoms with van der Waals surface area (Å²) in [4.78, 5) is 44.5. The number of esters is 1. The zero-order chi connectivity index (χ0) is 19.4. The van der Waals surface area contributed by atoms with Gasteiger partial charge in [-0.05, 0) is 19.1 Å². The van der Waals surface area contributed by atoms with Crippen LogP contribution in [0.25, 0.3) is 0 Å². The third kappa shape index (κ3) is 3.88. The number of guanidine groups is 1. The molecule has 146 valence electrons. The van der Waals surface area contributed by atoms with Crippen LogP contribution in [0.15, 0.2) is 27.8 Å². The van der Waals surface area contributed by atoms with Gasteiger partial charge in [-0.25, -0.2) is 9.79 Å². The normalized spacial score (nSPS) is 22.7. The van der Waals surface area contributed by atoms with Gasteiger partial charge in [0.25, 0.3) is 0 Å². The fourth-order valence-corrected chi connectivity index (χ4v) is 3.10. The monoisotopic (exact) mass is 378 g/mol. The van der Waals surface area contributed by atoms with Crippen molar-refractivity contribution in [3.63, 3.8) is 0 Å². The molecule has 2 aliphatic rings. The summed E-state index contributed by atoms with van der Waals surface area (Å²) < 4.78 is 15.1. The van der Waals surface area contributed by atoms with E-state index < -0.39 is 23.8 Å². The number of methoxy groups -OCH3 is 1. The number of carbonyl (C=O) groups is 3.